The molecule has 0 aliphatic carbocycles. The average molecular weight is 409 g/mol. The topological polar surface area (TPSA) is 26.0 Å². The molecule has 0 aliphatic heterocycles. The highest BCUT2D eigenvalue weighted by Gasteiger charge is 2.30. The van der Waals surface area contributed by atoms with E-state index in [1.165, 1.54) is 12.1 Å². The molecule has 0 radical (unpaired) electrons. The number of halogens is 5. The Labute approximate surface area is 131 Å². The van der Waals surface area contributed by atoms with Crippen molar-refractivity contribution in [3.63, 3.8) is 0 Å². The molecule has 2 N–H and O–H groups in total. The molecule has 0 saturated carbocycles. The zero-order chi connectivity index (χ0) is 14.9. The Bertz CT molecular complexity index is 589. The van der Waals surface area contributed by atoms with Crippen molar-refractivity contribution in [3.05, 3.63) is 68.1 Å². The van der Waals surface area contributed by atoms with Gasteiger partial charge in [-0.3, -0.25) is 0 Å². The lowest BCUT2D eigenvalue weighted by atomic mass is 9.98. The van der Waals surface area contributed by atoms with E-state index in [9.17, 15) is 13.2 Å². The van der Waals surface area contributed by atoms with Gasteiger partial charge in [-0.25, -0.2) is 0 Å². The van der Waals surface area contributed by atoms with Gasteiger partial charge in [0.05, 0.1) is 11.6 Å². The van der Waals surface area contributed by atoms with Gasteiger partial charge in [-0.05, 0) is 41.5 Å². The largest absolute Gasteiger partial charge is 0.416 e. The fraction of sp³-hybridized carbons (Fsp3) is 0.143. The Morgan fingerprint density at radius 2 is 1.35 bits per heavy atom. The third kappa shape index (κ3) is 3.62. The minimum Gasteiger partial charge on any atom is -0.320 e. The molecule has 1 atom stereocenters. The van der Waals surface area contributed by atoms with E-state index in [2.05, 4.69) is 31.9 Å². The van der Waals surface area contributed by atoms with Gasteiger partial charge in [0.15, 0.2) is 0 Å². The lowest BCUT2D eigenvalue weighted by Gasteiger charge is -2.15. The van der Waals surface area contributed by atoms with Crippen LogP contribution in [0.3, 0.4) is 0 Å². The third-order valence-corrected chi connectivity index (χ3v) is 3.76. The second kappa shape index (κ2) is 5.87. The molecule has 0 amide bonds. The summed E-state index contributed by atoms with van der Waals surface area (Å²) >= 11 is 6.71. The van der Waals surface area contributed by atoms with Gasteiger partial charge in [0.25, 0.3) is 0 Å². The minimum absolute atomic E-state index is 0.480. The fourth-order valence-corrected chi connectivity index (χ4v) is 3.16. The van der Waals surface area contributed by atoms with E-state index in [4.69, 9.17) is 5.73 Å². The molecule has 2 rings (SSSR count). The van der Waals surface area contributed by atoms with Crippen molar-refractivity contribution in [2.24, 2.45) is 5.73 Å². The van der Waals surface area contributed by atoms with Crippen LogP contribution >= 0.6 is 31.9 Å². The molecule has 0 aromatic heterocycles. The first-order valence-corrected chi connectivity index (χ1v) is 7.25. The molecule has 20 heavy (non-hydrogen) atoms. The zero-order valence-corrected chi connectivity index (χ0v) is 13.3. The number of nitrogens with two attached hydrogens (primary N) is 1. The van der Waals surface area contributed by atoms with Crippen molar-refractivity contribution in [3.8, 4) is 0 Å². The normalized spacial score (nSPS) is 13.3. The molecule has 0 saturated heterocycles. The molecule has 0 fully saturated rings. The van der Waals surface area contributed by atoms with Crippen molar-refractivity contribution >= 4 is 31.9 Å². The molecule has 2 aromatic carbocycles. The van der Waals surface area contributed by atoms with Crippen molar-refractivity contribution in [2.45, 2.75) is 12.2 Å². The molecule has 1 unspecified atom stereocenters. The van der Waals surface area contributed by atoms with E-state index >= 15 is 0 Å². The van der Waals surface area contributed by atoms with Crippen molar-refractivity contribution in [1.82, 2.24) is 0 Å². The van der Waals surface area contributed by atoms with E-state index < -0.39 is 17.8 Å². The summed E-state index contributed by atoms with van der Waals surface area (Å²) in [6.07, 6.45) is -4.33. The SMILES string of the molecule is NC(c1ccc(C(F)(F)F)cc1)c1cc(Br)cc(Br)c1. The van der Waals surface area contributed by atoms with E-state index in [0.29, 0.717) is 5.56 Å². The minimum atomic E-state index is -4.33. The second-order valence-corrected chi connectivity index (χ2v) is 6.13. The Kier molecular flexibility index (Phi) is 4.56. The molecule has 0 heterocycles. The summed E-state index contributed by atoms with van der Waals surface area (Å²) in [5.41, 5.74) is 6.85. The summed E-state index contributed by atoms with van der Waals surface area (Å²) in [5.74, 6) is 0. The summed E-state index contributed by atoms with van der Waals surface area (Å²) < 4.78 is 39.2. The van der Waals surface area contributed by atoms with Gasteiger partial charge >= 0.3 is 6.18 Å². The lowest BCUT2D eigenvalue weighted by molar-refractivity contribution is -0.137. The number of benzene rings is 2. The van der Waals surface area contributed by atoms with Gasteiger partial charge in [0, 0.05) is 8.95 Å². The molecule has 106 valence electrons. The van der Waals surface area contributed by atoms with Gasteiger partial charge in [-0.15, -0.1) is 0 Å². The first-order valence-electron chi connectivity index (χ1n) is 5.66. The fourth-order valence-electron chi connectivity index (χ4n) is 1.83. The van der Waals surface area contributed by atoms with Crippen LogP contribution in [0, 0.1) is 0 Å². The molecule has 6 heteroatoms. The van der Waals surface area contributed by atoms with Crippen LogP contribution in [-0.4, -0.2) is 0 Å². The molecule has 1 nitrogen and oxygen atoms in total. The first-order chi connectivity index (χ1) is 9.27. The average Bonchev–Trinajstić information content (AvgIpc) is 2.36. The quantitative estimate of drug-likeness (QED) is 0.718. The molecular formula is C14H10Br2F3N. The van der Waals surface area contributed by atoms with Gasteiger partial charge in [-0.1, -0.05) is 44.0 Å². The molecular weight excluding hydrogens is 399 g/mol. The van der Waals surface area contributed by atoms with Gasteiger partial charge in [0.1, 0.15) is 0 Å². The number of rotatable bonds is 2. The summed E-state index contributed by atoms with van der Waals surface area (Å²) in [5, 5.41) is 0. The highest BCUT2D eigenvalue weighted by Crippen LogP contribution is 2.31. The smallest absolute Gasteiger partial charge is 0.320 e. The Balaban J connectivity index is 2.31. The van der Waals surface area contributed by atoms with Crippen molar-refractivity contribution in [2.75, 3.05) is 0 Å². The highest BCUT2D eigenvalue weighted by atomic mass is 79.9. The summed E-state index contributed by atoms with van der Waals surface area (Å²) in [4.78, 5) is 0. The maximum atomic E-state index is 12.5. The monoisotopic (exact) mass is 407 g/mol. The van der Waals surface area contributed by atoms with E-state index in [-0.39, 0.29) is 0 Å². The number of hydrogen-bond donors (Lipinski definition) is 1. The molecule has 0 spiro atoms. The van der Waals surface area contributed by atoms with Crippen LogP contribution in [0.1, 0.15) is 22.7 Å². The number of hydrogen-bond acceptors (Lipinski definition) is 1. The summed E-state index contributed by atoms with van der Waals surface area (Å²) in [6, 6.07) is 9.96. The van der Waals surface area contributed by atoms with Gasteiger partial charge in [-0.2, -0.15) is 13.2 Å². The first kappa shape index (κ1) is 15.5. The van der Waals surface area contributed by atoms with Crippen molar-refractivity contribution < 1.29 is 13.2 Å². The summed E-state index contributed by atoms with van der Waals surface area (Å²) in [7, 11) is 0. The van der Waals surface area contributed by atoms with E-state index in [1.54, 1.807) is 0 Å². The third-order valence-electron chi connectivity index (χ3n) is 2.84. The molecule has 2 aromatic rings. The predicted molar refractivity (Wildman–Crippen MR) is 79.3 cm³/mol. The van der Waals surface area contributed by atoms with Gasteiger partial charge < -0.3 is 5.73 Å². The van der Waals surface area contributed by atoms with Gasteiger partial charge in [0.2, 0.25) is 0 Å². The van der Waals surface area contributed by atoms with Crippen LogP contribution in [0.2, 0.25) is 0 Å². The predicted octanol–water partition coefficient (Wildman–Crippen LogP) is 5.28. The van der Waals surface area contributed by atoms with E-state index in [0.717, 1.165) is 26.6 Å². The van der Waals surface area contributed by atoms with Crippen LogP contribution < -0.4 is 5.73 Å². The summed E-state index contributed by atoms with van der Waals surface area (Å²) in [6.45, 7) is 0. The zero-order valence-electron chi connectivity index (χ0n) is 10.1. The Hall–Kier alpha value is -0.850. The lowest BCUT2D eigenvalue weighted by Crippen LogP contribution is -2.13. The van der Waals surface area contributed by atoms with Crippen LogP contribution in [-0.2, 0) is 6.18 Å². The Morgan fingerprint density at radius 3 is 1.80 bits per heavy atom. The number of alkyl halides is 3. The molecule has 0 aliphatic rings. The maximum absolute atomic E-state index is 12.5. The van der Waals surface area contributed by atoms with Crippen LogP contribution in [0.5, 0.6) is 0 Å². The highest BCUT2D eigenvalue weighted by molar-refractivity contribution is 9.11. The standard InChI is InChI=1S/C14H10Br2F3N/c15-11-5-9(6-12(16)7-11)13(20)8-1-3-10(4-2-8)14(17,18)19/h1-7,13H,20H2. The maximum Gasteiger partial charge on any atom is 0.416 e. The van der Waals surface area contributed by atoms with Crippen LogP contribution in [0.25, 0.3) is 0 Å². The van der Waals surface area contributed by atoms with Crippen molar-refractivity contribution in [1.29, 1.82) is 0 Å². The van der Waals surface area contributed by atoms with Crippen LogP contribution in [0.15, 0.2) is 51.4 Å². The molecule has 0 bridgehead atoms. The Morgan fingerprint density at radius 1 is 0.850 bits per heavy atom. The second-order valence-electron chi connectivity index (χ2n) is 4.30. The van der Waals surface area contributed by atoms with E-state index in [1.807, 2.05) is 18.2 Å². The van der Waals surface area contributed by atoms with Crippen LogP contribution in [0.4, 0.5) is 13.2 Å².